The monoisotopic (exact) mass is 373 g/mol. The zero-order valence-electron chi connectivity index (χ0n) is 7.44. The highest BCUT2D eigenvalue weighted by Crippen LogP contribution is 2.31. The SMILES string of the molecule is NC(=O)C(Cl)Cc1c(Br)cc(Cl)cc1Br. The van der Waals surface area contributed by atoms with E-state index in [4.69, 9.17) is 28.9 Å². The van der Waals surface area contributed by atoms with Gasteiger partial charge in [-0.3, -0.25) is 4.79 Å². The molecule has 1 aromatic carbocycles. The van der Waals surface area contributed by atoms with Gasteiger partial charge < -0.3 is 5.73 Å². The lowest BCUT2D eigenvalue weighted by molar-refractivity contribution is -0.117. The van der Waals surface area contributed by atoms with Gasteiger partial charge in [-0.1, -0.05) is 43.5 Å². The quantitative estimate of drug-likeness (QED) is 0.807. The fourth-order valence-corrected chi connectivity index (χ4v) is 3.19. The highest BCUT2D eigenvalue weighted by Gasteiger charge is 2.16. The Kier molecular flexibility index (Phi) is 4.90. The van der Waals surface area contributed by atoms with Crippen LogP contribution in [0.15, 0.2) is 21.1 Å². The lowest BCUT2D eigenvalue weighted by Gasteiger charge is -2.10. The van der Waals surface area contributed by atoms with Gasteiger partial charge in [0, 0.05) is 14.0 Å². The van der Waals surface area contributed by atoms with Gasteiger partial charge in [0.15, 0.2) is 0 Å². The first-order valence-corrected chi connectivity index (χ1v) is 6.38. The molecule has 0 aliphatic carbocycles. The Hall–Kier alpha value is 0.230. The van der Waals surface area contributed by atoms with E-state index >= 15 is 0 Å². The van der Waals surface area contributed by atoms with Gasteiger partial charge in [0.1, 0.15) is 5.38 Å². The van der Waals surface area contributed by atoms with E-state index in [2.05, 4.69) is 31.9 Å². The van der Waals surface area contributed by atoms with Crippen LogP contribution in [-0.4, -0.2) is 11.3 Å². The normalized spacial score (nSPS) is 12.5. The molecule has 0 spiro atoms. The lowest BCUT2D eigenvalue weighted by atomic mass is 10.1. The van der Waals surface area contributed by atoms with Crippen molar-refractivity contribution < 1.29 is 4.79 Å². The molecule has 1 aromatic rings. The second-order valence-corrected chi connectivity index (χ2v) is 5.59. The summed E-state index contributed by atoms with van der Waals surface area (Å²) in [6, 6.07) is 3.48. The molecule has 0 aliphatic rings. The Morgan fingerprint density at radius 1 is 1.40 bits per heavy atom. The predicted molar refractivity (Wildman–Crippen MR) is 69.4 cm³/mol. The maximum Gasteiger partial charge on any atom is 0.235 e. The van der Waals surface area contributed by atoms with Gasteiger partial charge >= 0.3 is 0 Å². The van der Waals surface area contributed by atoms with E-state index in [1.807, 2.05) is 0 Å². The van der Waals surface area contributed by atoms with Gasteiger partial charge in [0.2, 0.25) is 5.91 Å². The van der Waals surface area contributed by atoms with Gasteiger partial charge in [0.05, 0.1) is 0 Å². The first kappa shape index (κ1) is 13.3. The maximum absolute atomic E-state index is 10.8. The molecule has 0 aromatic heterocycles. The summed E-state index contributed by atoms with van der Waals surface area (Å²) in [5, 5.41) is -0.124. The number of nitrogens with two attached hydrogens (primary N) is 1. The molecule has 0 radical (unpaired) electrons. The Labute approximate surface area is 114 Å². The minimum Gasteiger partial charge on any atom is -0.368 e. The maximum atomic E-state index is 10.8. The van der Waals surface area contributed by atoms with Gasteiger partial charge in [-0.05, 0) is 24.1 Å². The summed E-state index contributed by atoms with van der Waals surface area (Å²) in [4.78, 5) is 10.8. The third-order valence-corrected chi connectivity index (χ3v) is 3.80. The van der Waals surface area contributed by atoms with Crippen LogP contribution >= 0.6 is 55.1 Å². The predicted octanol–water partition coefficient (Wildman–Crippen LogP) is 3.50. The van der Waals surface area contributed by atoms with Crippen LogP contribution in [-0.2, 0) is 11.2 Å². The molecular formula is C9H7Br2Cl2NO. The van der Waals surface area contributed by atoms with E-state index < -0.39 is 11.3 Å². The van der Waals surface area contributed by atoms with Crippen molar-refractivity contribution in [3.63, 3.8) is 0 Å². The van der Waals surface area contributed by atoms with E-state index in [1.165, 1.54) is 0 Å². The van der Waals surface area contributed by atoms with Crippen LogP contribution in [0.5, 0.6) is 0 Å². The first-order chi connectivity index (χ1) is 6.91. The number of hydrogen-bond acceptors (Lipinski definition) is 1. The minimum absolute atomic E-state index is 0.356. The smallest absolute Gasteiger partial charge is 0.235 e. The van der Waals surface area contributed by atoms with Crippen molar-refractivity contribution in [3.8, 4) is 0 Å². The molecule has 2 nitrogen and oxygen atoms in total. The Bertz CT molecular complexity index is 375. The fourth-order valence-electron chi connectivity index (χ4n) is 1.05. The molecule has 1 amide bonds. The average molecular weight is 376 g/mol. The second-order valence-electron chi connectivity index (χ2n) is 2.92. The molecule has 1 unspecified atom stereocenters. The van der Waals surface area contributed by atoms with Crippen molar-refractivity contribution in [2.75, 3.05) is 0 Å². The van der Waals surface area contributed by atoms with Gasteiger partial charge in [0.25, 0.3) is 0 Å². The Morgan fingerprint density at radius 3 is 2.27 bits per heavy atom. The van der Waals surface area contributed by atoms with E-state index in [0.717, 1.165) is 14.5 Å². The van der Waals surface area contributed by atoms with Gasteiger partial charge in [-0.15, -0.1) is 11.6 Å². The van der Waals surface area contributed by atoms with Crippen LogP contribution in [0.4, 0.5) is 0 Å². The molecule has 0 saturated heterocycles. The molecule has 0 fully saturated rings. The molecule has 0 saturated carbocycles. The molecule has 1 atom stereocenters. The van der Waals surface area contributed by atoms with E-state index in [9.17, 15) is 4.79 Å². The van der Waals surface area contributed by atoms with E-state index in [1.54, 1.807) is 12.1 Å². The summed E-state index contributed by atoms with van der Waals surface area (Å²) in [6.45, 7) is 0. The molecule has 82 valence electrons. The van der Waals surface area contributed by atoms with Crippen LogP contribution in [0.2, 0.25) is 5.02 Å². The van der Waals surface area contributed by atoms with Crippen LogP contribution < -0.4 is 5.73 Å². The third-order valence-electron chi connectivity index (χ3n) is 1.80. The number of carbonyl (C=O) groups is 1. The molecule has 0 heterocycles. The Morgan fingerprint density at radius 2 is 1.87 bits per heavy atom. The molecule has 15 heavy (non-hydrogen) atoms. The number of carbonyl (C=O) groups excluding carboxylic acids is 1. The van der Waals surface area contributed by atoms with Crippen molar-refractivity contribution in [2.45, 2.75) is 11.8 Å². The summed E-state index contributed by atoms with van der Waals surface area (Å²) in [6.07, 6.45) is 0.356. The van der Waals surface area contributed by atoms with Crippen molar-refractivity contribution >= 4 is 61.0 Å². The van der Waals surface area contributed by atoms with Gasteiger partial charge in [-0.2, -0.15) is 0 Å². The number of halogens is 4. The second kappa shape index (κ2) is 5.53. The number of amides is 1. The number of rotatable bonds is 3. The highest BCUT2D eigenvalue weighted by molar-refractivity contribution is 9.11. The van der Waals surface area contributed by atoms with Crippen LogP contribution in [0, 0.1) is 0 Å². The number of benzene rings is 1. The largest absolute Gasteiger partial charge is 0.368 e. The van der Waals surface area contributed by atoms with Crippen molar-refractivity contribution in [1.29, 1.82) is 0 Å². The molecule has 0 aliphatic heterocycles. The minimum atomic E-state index is -0.723. The zero-order valence-corrected chi connectivity index (χ0v) is 12.1. The summed E-state index contributed by atoms with van der Waals surface area (Å²) >= 11 is 18.3. The summed E-state index contributed by atoms with van der Waals surface area (Å²) in [5.41, 5.74) is 5.96. The number of primary amides is 1. The van der Waals surface area contributed by atoms with Crippen molar-refractivity contribution in [2.24, 2.45) is 5.73 Å². The molecular weight excluding hydrogens is 369 g/mol. The van der Waals surface area contributed by atoms with E-state index in [-0.39, 0.29) is 0 Å². The first-order valence-electron chi connectivity index (χ1n) is 3.98. The van der Waals surface area contributed by atoms with Gasteiger partial charge in [-0.25, -0.2) is 0 Å². The summed E-state index contributed by atoms with van der Waals surface area (Å²) in [5.74, 6) is -0.537. The standard InChI is InChI=1S/C9H7Br2Cl2NO/c10-6-1-4(12)2-7(11)5(6)3-8(13)9(14)15/h1-2,8H,3H2,(H2,14,15). The molecule has 0 bridgehead atoms. The molecule has 6 heteroatoms. The van der Waals surface area contributed by atoms with Crippen molar-refractivity contribution in [1.82, 2.24) is 0 Å². The molecule has 2 N–H and O–H groups in total. The highest BCUT2D eigenvalue weighted by atomic mass is 79.9. The topological polar surface area (TPSA) is 43.1 Å². The summed E-state index contributed by atoms with van der Waals surface area (Å²) in [7, 11) is 0. The fraction of sp³-hybridized carbons (Fsp3) is 0.222. The van der Waals surface area contributed by atoms with Crippen LogP contribution in [0.25, 0.3) is 0 Å². The van der Waals surface area contributed by atoms with Crippen molar-refractivity contribution in [3.05, 3.63) is 31.7 Å². The zero-order chi connectivity index (χ0) is 11.6. The number of alkyl halides is 1. The Balaban J connectivity index is 3.00. The lowest BCUT2D eigenvalue weighted by Crippen LogP contribution is -2.25. The van der Waals surface area contributed by atoms with E-state index in [0.29, 0.717) is 11.4 Å². The van der Waals surface area contributed by atoms with Crippen LogP contribution in [0.1, 0.15) is 5.56 Å². The summed E-state index contributed by atoms with van der Waals surface area (Å²) < 4.78 is 1.60. The number of hydrogen-bond donors (Lipinski definition) is 1. The third kappa shape index (κ3) is 3.63. The average Bonchev–Trinajstić information content (AvgIpc) is 2.10. The van der Waals surface area contributed by atoms with Crippen LogP contribution in [0.3, 0.4) is 0 Å². The molecule has 1 rings (SSSR count).